The third-order valence-electron chi connectivity index (χ3n) is 1.35. The molecule has 0 amide bonds. The molecule has 0 aliphatic heterocycles. The lowest BCUT2D eigenvalue weighted by Gasteiger charge is -2.03. The molecule has 0 fully saturated rings. The molecule has 1 aromatic rings. The summed E-state index contributed by atoms with van der Waals surface area (Å²) in [4.78, 5) is -0.215. The number of hydrogen-bond acceptors (Lipinski definition) is 3. The van der Waals surface area contributed by atoms with Gasteiger partial charge in [0, 0.05) is 0 Å². The Labute approximate surface area is 76.0 Å². The second kappa shape index (κ2) is 4.22. The number of methoxy groups -OCH3 is 1. The Morgan fingerprint density at radius 2 is 1.85 bits per heavy atom. The quantitative estimate of drug-likeness (QED) is 0.695. The van der Waals surface area contributed by atoms with Crippen LogP contribution in [0.2, 0.25) is 0 Å². The zero-order chi connectivity index (χ0) is 9.19. The fraction of sp³-hybridized carbons (Fsp3) is 0.143. The van der Waals surface area contributed by atoms with Gasteiger partial charge in [-0.05, 0) is 12.1 Å². The van der Waals surface area contributed by atoms with E-state index >= 15 is 0 Å². The van der Waals surface area contributed by atoms with Gasteiger partial charge in [0.15, 0.2) is 0 Å². The molecular weight excluding hydrogens is 196 g/mol. The lowest BCUT2D eigenvalue weighted by Crippen LogP contribution is -2.00. The van der Waals surface area contributed by atoms with Crippen molar-refractivity contribution in [1.82, 2.24) is 0 Å². The second-order valence-electron chi connectivity index (χ2n) is 2.13. The van der Waals surface area contributed by atoms with E-state index in [0.717, 1.165) is 0 Å². The molecule has 0 aliphatic carbocycles. The van der Waals surface area contributed by atoms with E-state index in [9.17, 15) is 8.42 Å². The molecule has 0 saturated carbocycles. The summed E-state index contributed by atoms with van der Waals surface area (Å²) in [6, 6.07) is 5.86. The van der Waals surface area contributed by atoms with Crippen LogP contribution in [-0.2, 0) is 10.1 Å². The summed E-state index contributed by atoms with van der Waals surface area (Å²) in [7, 11) is -2.83. The first-order valence-corrected chi connectivity index (χ1v) is 4.60. The van der Waals surface area contributed by atoms with E-state index in [0.29, 0.717) is 0 Å². The summed E-state index contributed by atoms with van der Waals surface area (Å²) < 4.78 is 34.8. The summed E-state index contributed by atoms with van der Waals surface area (Å²) in [5.41, 5.74) is 0. The van der Waals surface area contributed by atoms with Crippen LogP contribution in [0.5, 0.6) is 5.75 Å². The van der Waals surface area contributed by atoms with Crippen LogP contribution in [0.4, 0.5) is 0 Å². The topological polar surface area (TPSA) is 95.1 Å². The smallest absolute Gasteiger partial charge is 0.298 e. The van der Waals surface area contributed by atoms with Gasteiger partial charge in [0.05, 0.1) is 7.11 Å². The lowest BCUT2D eigenvalue weighted by molar-refractivity contribution is 0.397. The van der Waals surface area contributed by atoms with Gasteiger partial charge >= 0.3 is 0 Å². The van der Waals surface area contributed by atoms with Gasteiger partial charge in [-0.25, -0.2) is 0 Å². The Morgan fingerprint density at radius 1 is 1.31 bits per heavy atom. The normalized spacial score (nSPS) is 10.3. The second-order valence-corrected chi connectivity index (χ2v) is 3.52. The van der Waals surface area contributed by atoms with E-state index in [1.54, 1.807) is 6.07 Å². The Kier molecular flexibility index (Phi) is 3.86. The van der Waals surface area contributed by atoms with Crippen molar-refractivity contribution in [3.05, 3.63) is 24.3 Å². The summed E-state index contributed by atoms with van der Waals surface area (Å²) in [5.74, 6) is 0.139. The van der Waals surface area contributed by atoms with Gasteiger partial charge in [0.2, 0.25) is 0 Å². The number of ether oxygens (including phenoxy) is 1. The molecule has 3 N–H and O–H groups in total. The molecular formula is C7H10O5S. The molecule has 0 saturated heterocycles. The van der Waals surface area contributed by atoms with Gasteiger partial charge in [0.1, 0.15) is 10.6 Å². The third kappa shape index (κ3) is 2.69. The number of benzene rings is 1. The van der Waals surface area contributed by atoms with E-state index in [2.05, 4.69) is 0 Å². The third-order valence-corrected chi connectivity index (χ3v) is 2.24. The van der Waals surface area contributed by atoms with Gasteiger partial charge < -0.3 is 10.2 Å². The monoisotopic (exact) mass is 206 g/mol. The van der Waals surface area contributed by atoms with Crippen molar-refractivity contribution in [2.75, 3.05) is 7.11 Å². The fourth-order valence-electron chi connectivity index (χ4n) is 0.832. The minimum Gasteiger partial charge on any atom is -0.495 e. The Hall–Kier alpha value is -1.11. The molecule has 1 aromatic carbocycles. The van der Waals surface area contributed by atoms with Crippen molar-refractivity contribution >= 4 is 10.1 Å². The van der Waals surface area contributed by atoms with Crippen LogP contribution in [0.1, 0.15) is 0 Å². The predicted octanol–water partition coefficient (Wildman–Crippen LogP) is 0.117. The fourth-order valence-corrected chi connectivity index (χ4v) is 1.49. The van der Waals surface area contributed by atoms with Gasteiger partial charge in [0.25, 0.3) is 10.1 Å². The Balaban J connectivity index is 0.00000144. The molecule has 13 heavy (non-hydrogen) atoms. The van der Waals surface area contributed by atoms with Crippen LogP contribution >= 0.6 is 0 Å². The molecule has 0 unspecified atom stereocenters. The van der Waals surface area contributed by atoms with E-state index < -0.39 is 10.1 Å². The summed E-state index contributed by atoms with van der Waals surface area (Å²) in [5, 5.41) is 0. The molecule has 0 aromatic heterocycles. The maximum absolute atomic E-state index is 10.7. The number of hydrogen-bond donors (Lipinski definition) is 1. The molecule has 6 heteroatoms. The molecule has 0 radical (unpaired) electrons. The van der Waals surface area contributed by atoms with Crippen molar-refractivity contribution in [3.8, 4) is 5.75 Å². The van der Waals surface area contributed by atoms with E-state index in [4.69, 9.17) is 9.29 Å². The molecule has 0 aliphatic rings. The first kappa shape index (κ1) is 11.9. The average molecular weight is 206 g/mol. The molecule has 5 nitrogen and oxygen atoms in total. The van der Waals surface area contributed by atoms with Crippen molar-refractivity contribution in [1.29, 1.82) is 0 Å². The minimum absolute atomic E-state index is 0. The standard InChI is InChI=1S/C7H8O4S.H2O/c1-11-6-4-2-3-5-7(6)12(8,9)10;/h2-5H,1H3,(H,8,9,10);1H2. The van der Waals surface area contributed by atoms with Crippen LogP contribution in [0.15, 0.2) is 29.2 Å². The van der Waals surface area contributed by atoms with Crippen molar-refractivity contribution < 1.29 is 23.2 Å². The van der Waals surface area contributed by atoms with Gasteiger partial charge in [-0.3, -0.25) is 4.55 Å². The highest BCUT2D eigenvalue weighted by atomic mass is 32.2. The maximum atomic E-state index is 10.7. The van der Waals surface area contributed by atoms with Crippen LogP contribution in [-0.4, -0.2) is 25.6 Å². The molecule has 0 spiro atoms. The highest BCUT2D eigenvalue weighted by molar-refractivity contribution is 7.86. The zero-order valence-corrected chi connectivity index (χ0v) is 7.71. The molecule has 0 bridgehead atoms. The zero-order valence-electron chi connectivity index (χ0n) is 6.89. The minimum atomic E-state index is -4.17. The Bertz CT molecular complexity index is 370. The Morgan fingerprint density at radius 3 is 2.23 bits per heavy atom. The van der Waals surface area contributed by atoms with Crippen LogP contribution < -0.4 is 4.74 Å². The highest BCUT2D eigenvalue weighted by Gasteiger charge is 2.14. The van der Waals surface area contributed by atoms with Crippen LogP contribution in [0, 0.1) is 0 Å². The highest BCUT2D eigenvalue weighted by Crippen LogP contribution is 2.21. The largest absolute Gasteiger partial charge is 0.495 e. The van der Waals surface area contributed by atoms with Crippen molar-refractivity contribution in [3.63, 3.8) is 0 Å². The number of para-hydroxylation sites is 1. The molecule has 0 heterocycles. The first-order chi connectivity index (χ1) is 5.55. The number of rotatable bonds is 2. The van der Waals surface area contributed by atoms with E-state index in [1.807, 2.05) is 0 Å². The SMILES string of the molecule is COc1ccccc1S(=O)(=O)O.O. The molecule has 0 atom stereocenters. The molecule has 1 rings (SSSR count). The van der Waals surface area contributed by atoms with Gasteiger partial charge in [-0.2, -0.15) is 8.42 Å². The first-order valence-electron chi connectivity index (χ1n) is 3.16. The van der Waals surface area contributed by atoms with Gasteiger partial charge in [-0.1, -0.05) is 12.1 Å². The predicted molar refractivity (Wildman–Crippen MR) is 46.4 cm³/mol. The van der Waals surface area contributed by atoms with Crippen molar-refractivity contribution in [2.24, 2.45) is 0 Å². The maximum Gasteiger partial charge on any atom is 0.298 e. The van der Waals surface area contributed by atoms with Crippen LogP contribution in [0.3, 0.4) is 0 Å². The summed E-state index contributed by atoms with van der Waals surface area (Å²) >= 11 is 0. The van der Waals surface area contributed by atoms with E-state index in [-0.39, 0.29) is 16.1 Å². The van der Waals surface area contributed by atoms with Gasteiger partial charge in [-0.15, -0.1) is 0 Å². The summed E-state index contributed by atoms with van der Waals surface area (Å²) in [6.07, 6.45) is 0. The lowest BCUT2D eigenvalue weighted by atomic mass is 10.3. The molecule has 74 valence electrons. The average Bonchev–Trinajstić information content (AvgIpc) is 2.03. The van der Waals surface area contributed by atoms with E-state index in [1.165, 1.54) is 25.3 Å². The van der Waals surface area contributed by atoms with Crippen molar-refractivity contribution in [2.45, 2.75) is 4.90 Å². The summed E-state index contributed by atoms with van der Waals surface area (Å²) in [6.45, 7) is 0. The van der Waals surface area contributed by atoms with Crippen LogP contribution in [0.25, 0.3) is 0 Å².